The summed E-state index contributed by atoms with van der Waals surface area (Å²) in [5.74, 6) is 0.621. The number of hydrogen-bond acceptors (Lipinski definition) is 2. The molecule has 2 N–H and O–H groups in total. The molecule has 0 atom stereocenters. The number of halogens is 1. The summed E-state index contributed by atoms with van der Waals surface area (Å²) in [5.41, 5.74) is 6.71. The van der Waals surface area contributed by atoms with Crippen LogP contribution in [0.5, 0.6) is 0 Å². The molecule has 2 nitrogen and oxygen atoms in total. The van der Waals surface area contributed by atoms with Gasteiger partial charge in [0.1, 0.15) is 0 Å². The second-order valence-electron chi connectivity index (χ2n) is 4.09. The summed E-state index contributed by atoms with van der Waals surface area (Å²) in [6, 6.07) is 5.01. The zero-order valence-electron chi connectivity index (χ0n) is 9.09. The second-order valence-corrected chi connectivity index (χ2v) is 4.50. The third kappa shape index (κ3) is 3.56. The van der Waals surface area contributed by atoms with Gasteiger partial charge in [0, 0.05) is 17.7 Å². The summed E-state index contributed by atoms with van der Waals surface area (Å²) < 4.78 is 0. The van der Waals surface area contributed by atoms with E-state index in [4.69, 9.17) is 17.3 Å². The minimum absolute atomic E-state index is 0.0914. The van der Waals surface area contributed by atoms with Crippen LogP contribution >= 0.6 is 11.6 Å². The average molecular weight is 226 g/mol. The number of Topliss-reactive ketones (excluding diaryl/α,β-unsaturated/α-hetero) is 1. The van der Waals surface area contributed by atoms with Gasteiger partial charge in [-0.05, 0) is 30.5 Å². The largest absolute Gasteiger partial charge is 0.399 e. The van der Waals surface area contributed by atoms with Gasteiger partial charge in [-0.25, -0.2) is 0 Å². The van der Waals surface area contributed by atoms with Gasteiger partial charge in [-0.2, -0.15) is 0 Å². The number of nitrogens with two attached hydrogens (primary N) is 1. The Labute approximate surface area is 95.4 Å². The van der Waals surface area contributed by atoms with Crippen molar-refractivity contribution in [3.8, 4) is 0 Å². The van der Waals surface area contributed by atoms with E-state index in [1.54, 1.807) is 18.2 Å². The molecule has 15 heavy (non-hydrogen) atoms. The van der Waals surface area contributed by atoms with Crippen molar-refractivity contribution in [1.82, 2.24) is 0 Å². The number of hydrogen-bond donors (Lipinski definition) is 1. The van der Waals surface area contributed by atoms with E-state index in [0.29, 0.717) is 28.6 Å². The molecule has 0 aliphatic carbocycles. The zero-order valence-corrected chi connectivity index (χ0v) is 9.84. The fraction of sp³-hybridized carbons (Fsp3) is 0.417. The standard InChI is InChI=1S/C12H16ClNO/c1-8(2)3-6-12(15)10-5-4-9(14)7-11(10)13/h4-5,7-8H,3,6,14H2,1-2H3. The van der Waals surface area contributed by atoms with Crippen LogP contribution in [0.4, 0.5) is 5.69 Å². The summed E-state index contributed by atoms with van der Waals surface area (Å²) in [4.78, 5) is 11.8. The van der Waals surface area contributed by atoms with Gasteiger partial charge in [0.15, 0.2) is 5.78 Å². The van der Waals surface area contributed by atoms with Crippen molar-refractivity contribution in [2.24, 2.45) is 5.92 Å². The Balaban J connectivity index is 2.74. The molecule has 3 heteroatoms. The maximum atomic E-state index is 11.8. The molecule has 0 unspecified atom stereocenters. The van der Waals surface area contributed by atoms with Gasteiger partial charge in [0.25, 0.3) is 0 Å². The first-order chi connectivity index (χ1) is 7.00. The lowest BCUT2D eigenvalue weighted by atomic mass is 10.0. The summed E-state index contributed by atoms with van der Waals surface area (Å²) in [6.07, 6.45) is 1.43. The van der Waals surface area contributed by atoms with E-state index >= 15 is 0 Å². The molecular formula is C12H16ClNO. The first-order valence-electron chi connectivity index (χ1n) is 5.09. The van der Waals surface area contributed by atoms with E-state index in [-0.39, 0.29) is 5.78 Å². The van der Waals surface area contributed by atoms with Crippen molar-refractivity contribution in [1.29, 1.82) is 0 Å². The van der Waals surface area contributed by atoms with Crippen LogP contribution < -0.4 is 5.73 Å². The average Bonchev–Trinajstić information content (AvgIpc) is 2.14. The highest BCUT2D eigenvalue weighted by Crippen LogP contribution is 2.21. The number of benzene rings is 1. The van der Waals surface area contributed by atoms with Crippen molar-refractivity contribution in [3.63, 3.8) is 0 Å². The van der Waals surface area contributed by atoms with Gasteiger partial charge in [-0.3, -0.25) is 4.79 Å². The van der Waals surface area contributed by atoms with Crippen molar-refractivity contribution in [2.75, 3.05) is 5.73 Å². The third-order valence-corrected chi connectivity index (χ3v) is 2.56. The zero-order chi connectivity index (χ0) is 11.4. The predicted molar refractivity (Wildman–Crippen MR) is 64.3 cm³/mol. The lowest BCUT2D eigenvalue weighted by molar-refractivity contribution is 0.0975. The van der Waals surface area contributed by atoms with Crippen LogP contribution in [0.15, 0.2) is 18.2 Å². The first-order valence-corrected chi connectivity index (χ1v) is 5.46. The van der Waals surface area contributed by atoms with Crippen molar-refractivity contribution < 1.29 is 4.79 Å². The van der Waals surface area contributed by atoms with Crippen molar-refractivity contribution >= 4 is 23.1 Å². The van der Waals surface area contributed by atoms with Crippen LogP contribution in [0, 0.1) is 5.92 Å². The molecule has 1 aromatic rings. The van der Waals surface area contributed by atoms with Crippen LogP contribution in [0.25, 0.3) is 0 Å². The molecule has 0 radical (unpaired) electrons. The van der Waals surface area contributed by atoms with Crippen LogP contribution in [0.3, 0.4) is 0 Å². The molecule has 0 saturated heterocycles. The molecule has 0 amide bonds. The lowest BCUT2D eigenvalue weighted by Gasteiger charge is -2.06. The molecule has 0 aliphatic rings. The van der Waals surface area contributed by atoms with Gasteiger partial charge < -0.3 is 5.73 Å². The van der Waals surface area contributed by atoms with E-state index in [1.807, 2.05) is 0 Å². The molecule has 82 valence electrons. The minimum atomic E-state index is 0.0914. The molecule has 0 heterocycles. The Hall–Kier alpha value is -1.02. The highest BCUT2D eigenvalue weighted by Gasteiger charge is 2.10. The maximum Gasteiger partial charge on any atom is 0.164 e. The number of ketones is 1. The molecule has 0 bridgehead atoms. The Bertz CT molecular complexity index is 361. The SMILES string of the molecule is CC(C)CCC(=O)c1ccc(N)cc1Cl. The van der Waals surface area contributed by atoms with Crippen LogP contribution in [0.2, 0.25) is 5.02 Å². The smallest absolute Gasteiger partial charge is 0.164 e. The van der Waals surface area contributed by atoms with Gasteiger partial charge in [-0.1, -0.05) is 25.4 Å². The maximum absolute atomic E-state index is 11.8. The van der Waals surface area contributed by atoms with Gasteiger partial charge in [0.2, 0.25) is 0 Å². The molecule has 0 aromatic heterocycles. The molecule has 0 aliphatic heterocycles. The quantitative estimate of drug-likeness (QED) is 0.629. The van der Waals surface area contributed by atoms with E-state index in [2.05, 4.69) is 13.8 Å². The van der Waals surface area contributed by atoms with Crippen LogP contribution in [0.1, 0.15) is 37.0 Å². The highest BCUT2D eigenvalue weighted by molar-refractivity contribution is 6.34. The van der Waals surface area contributed by atoms with Gasteiger partial charge in [-0.15, -0.1) is 0 Å². The van der Waals surface area contributed by atoms with Gasteiger partial charge >= 0.3 is 0 Å². The number of rotatable bonds is 4. The molecule has 0 spiro atoms. The summed E-state index contributed by atoms with van der Waals surface area (Å²) in [5, 5.41) is 0.448. The van der Waals surface area contributed by atoms with E-state index < -0.39 is 0 Å². The summed E-state index contributed by atoms with van der Waals surface area (Å²) in [7, 11) is 0. The topological polar surface area (TPSA) is 43.1 Å². The Morgan fingerprint density at radius 3 is 2.67 bits per heavy atom. The van der Waals surface area contributed by atoms with E-state index in [1.165, 1.54) is 0 Å². The Kier molecular flexibility index (Phi) is 4.15. The predicted octanol–water partition coefficient (Wildman–Crippen LogP) is 3.54. The van der Waals surface area contributed by atoms with E-state index in [9.17, 15) is 4.79 Å². The molecule has 1 aromatic carbocycles. The molecule has 1 rings (SSSR count). The molecule has 0 fully saturated rings. The van der Waals surface area contributed by atoms with Crippen LogP contribution in [-0.2, 0) is 0 Å². The Morgan fingerprint density at radius 2 is 2.13 bits per heavy atom. The number of carbonyl (C=O) groups is 1. The Morgan fingerprint density at radius 1 is 1.47 bits per heavy atom. The fourth-order valence-corrected chi connectivity index (χ4v) is 1.61. The van der Waals surface area contributed by atoms with E-state index in [0.717, 1.165) is 6.42 Å². The van der Waals surface area contributed by atoms with Crippen molar-refractivity contribution in [2.45, 2.75) is 26.7 Å². The first kappa shape index (κ1) is 12.1. The van der Waals surface area contributed by atoms with Crippen LogP contribution in [-0.4, -0.2) is 5.78 Å². The van der Waals surface area contributed by atoms with Gasteiger partial charge in [0.05, 0.1) is 5.02 Å². The lowest BCUT2D eigenvalue weighted by Crippen LogP contribution is -2.02. The number of carbonyl (C=O) groups excluding carboxylic acids is 1. The number of nitrogen functional groups attached to an aromatic ring is 1. The monoisotopic (exact) mass is 225 g/mol. The summed E-state index contributed by atoms with van der Waals surface area (Å²) >= 11 is 5.94. The minimum Gasteiger partial charge on any atom is -0.399 e. The molecular weight excluding hydrogens is 210 g/mol. The molecule has 0 saturated carbocycles. The second kappa shape index (κ2) is 5.17. The fourth-order valence-electron chi connectivity index (χ4n) is 1.31. The number of anilines is 1. The van der Waals surface area contributed by atoms with Crippen molar-refractivity contribution in [3.05, 3.63) is 28.8 Å². The third-order valence-electron chi connectivity index (χ3n) is 2.24. The highest BCUT2D eigenvalue weighted by atomic mass is 35.5. The summed E-state index contributed by atoms with van der Waals surface area (Å²) in [6.45, 7) is 4.19. The normalized spacial score (nSPS) is 10.7.